The van der Waals surface area contributed by atoms with Crippen molar-refractivity contribution in [1.29, 1.82) is 0 Å². The highest BCUT2D eigenvalue weighted by Gasteiger charge is 2.39. The zero-order valence-corrected chi connectivity index (χ0v) is 18.2. The number of aromatic nitrogens is 2. The number of ether oxygens (including phenoxy) is 1. The number of hydrogen-bond donors (Lipinski definition) is 2. The minimum Gasteiger partial charge on any atom is -0.426 e. The van der Waals surface area contributed by atoms with Gasteiger partial charge in [0.15, 0.2) is 18.3 Å². The molecule has 2 heterocycles. The maximum Gasteiger partial charge on any atom is 0.399 e. The van der Waals surface area contributed by atoms with Crippen LogP contribution in [-0.2, 0) is 26.9 Å². The Labute approximate surface area is 181 Å². The van der Waals surface area contributed by atoms with E-state index in [-0.39, 0.29) is 29.9 Å². The van der Waals surface area contributed by atoms with E-state index >= 15 is 0 Å². The van der Waals surface area contributed by atoms with Gasteiger partial charge in [-0.15, -0.1) is 6.42 Å². The lowest BCUT2D eigenvalue weighted by Crippen LogP contribution is -2.46. The monoisotopic (exact) mass is 446 g/mol. The maximum absolute atomic E-state index is 11.7. The Morgan fingerprint density at radius 1 is 1.57 bits per heavy atom. The molecule has 1 aromatic carbocycles. The average Bonchev–Trinajstić information content (AvgIpc) is 2.70. The average molecular weight is 446 g/mol. The number of benzene rings is 1. The Bertz CT molecular complexity index is 1080. The van der Waals surface area contributed by atoms with Crippen molar-refractivity contribution in [2.75, 3.05) is 7.11 Å². The van der Waals surface area contributed by atoms with Gasteiger partial charge in [0.25, 0.3) is 5.56 Å². The van der Waals surface area contributed by atoms with E-state index < -0.39 is 26.0 Å². The predicted octanol–water partition coefficient (Wildman–Crippen LogP) is 2.27. The summed E-state index contributed by atoms with van der Waals surface area (Å²) in [5, 5.41) is 10.7. The summed E-state index contributed by atoms with van der Waals surface area (Å²) in [6, 6.07) is 5.70. The van der Waals surface area contributed by atoms with Crippen molar-refractivity contribution in [3.63, 3.8) is 0 Å². The van der Waals surface area contributed by atoms with Gasteiger partial charge in [-0.2, -0.15) is 0 Å². The summed E-state index contributed by atoms with van der Waals surface area (Å²) in [6.07, 6.45) is 6.03. The molecule has 1 aliphatic heterocycles. The molecule has 0 saturated heterocycles. The van der Waals surface area contributed by atoms with Crippen LogP contribution >= 0.6 is 20.8 Å². The Morgan fingerprint density at radius 3 is 3.03 bits per heavy atom. The fraction of sp³-hybridized carbons (Fsp3) is 0.368. The quantitative estimate of drug-likeness (QED) is 0.222. The molecule has 3 unspecified atom stereocenters. The molecular formula is C19H20BN2O6PS. The molecule has 0 saturated carbocycles. The first-order chi connectivity index (χ1) is 14.2. The fourth-order valence-electron chi connectivity index (χ4n) is 2.93. The highest BCUT2D eigenvalue weighted by Crippen LogP contribution is 2.50. The molecule has 3 rings (SSSR count). The maximum atomic E-state index is 11.7. The van der Waals surface area contributed by atoms with E-state index in [9.17, 15) is 9.90 Å². The molecule has 8 nitrogen and oxygen atoms in total. The van der Waals surface area contributed by atoms with Crippen molar-refractivity contribution >= 4 is 28.7 Å². The van der Waals surface area contributed by atoms with E-state index in [1.165, 1.54) is 13.3 Å². The van der Waals surface area contributed by atoms with E-state index in [4.69, 9.17) is 44.8 Å². The van der Waals surface area contributed by atoms with Crippen LogP contribution in [0.1, 0.15) is 23.1 Å². The van der Waals surface area contributed by atoms with Crippen LogP contribution in [0, 0.1) is 24.0 Å². The number of hydrogen-bond acceptors (Lipinski definition) is 7. The first-order valence-electron chi connectivity index (χ1n) is 8.98. The standard InChI is InChI=1S/C19H20BN2O6PS/c1-4-13-10-22(18(30)21-17(13)23)9-8-15(25-3)19(20,24)28-29-26-11-14-7-5-6-12(2)16(14)27-29/h1,5-7,10,15,24H,8-9,11H2,2-3H3,(H,21,23,30). The first-order valence-corrected chi connectivity index (χ1v) is 10.5. The number of nitrogens with zero attached hydrogens (tertiary/aromatic N) is 1. The largest absolute Gasteiger partial charge is 0.426 e. The summed E-state index contributed by atoms with van der Waals surface area (Å²) < 4.78 is 23.9. The lowest BCUT2D eigenvalue weighted by atomic mass is 9.87. The van der Waals surface area contributed by atoms with Gasteiger partial charge < -0.3 is 18.9 Å². The highest BCUT2D eigenvalue weighted by atomic mass is 32.1. The van der Waals surface area contributed by atoms with Gasteiger partial charge in [0.2, 0.25) is 0 Å². The summed E-state index contributed by atoms with van der Waals surface area (Å²) in [5.41, 5.74) is -0.686. The molecule has 0 aliphatic carbocycles. The van der Waals surface area contributed by atoms with Crippen molar-refractivity contribution in [3.05, 3.63) is 56.2 Å². The third-order valence-electron chi connectivity index (χ3n) is 4.55. The third-order valence-corrected chi connectivity index (χ3v) is 6.00. The molecule has 2 N–H and O–H groups in total. The predicted molar refractivity (Wildman–Crippen MR) is 115 cm³/mol. The van der Waals surface area contributed by atoms with Crippen LogP contribution in [0.2, 0.25) is 0 Å². The molecule has 1 aromatic heterocycles. The van der Waals surface area contributed by atoms with Crippen LogP contribution in [-0.4, -0.2) is 41.4 Å². The molecule has 0 spiro atoms. The number of aromatic amines is 1. The van der Waals surface area contributed by atoms with Gasteiger partial charge in [-0.25, -0.2) is 0 Å². The minimum atomic E-state index is -2.19. The molecular weight excluding hydrogens is 426 g/mol. The number of para-hydroxylation sites is 1. The Hall–Kier alpha value is -1.99. The minimum absolute atomic E-state index is 0.137. The van der Waals surface area contributed by atoms with Crippen LogP contribution in [0.15, 0.2) is 29.2 Å². The second-order valence-corrected chi connectivity index (χ2v) is 8.10. The van der Waals surface area contributed by atoms with Gasteiger partial charge in [-0.3, -0.25) is 18.8 Å². The van der Waals surface area contributed by atoms with Gasteiger partial charge in [0.1, 0.15) is 17.4 Å². The van der Waals surface area contributed by atoms with Crippen LogP contribution < -0.4 is 10.1 Å². The number of aliphatic hydroxyl groups is 1. The Balaban J connectivity index is 1.69. The highest BCUT2D eigenvalue weighted by molar-refractivity contribution is 7.71. The van der Waals surface area contributed by atoms with E-state index in [1.807, 2.05) is 25.1 Å². The SMILES string of the molecule is [B]C(O)(OP1OCc2cccc(C)c2O1)C(CCn1cc(C#C)c(=O)[nH]c1=S)OC. The van der Waals surface area contributed by atoms with Gasteiger partial charge in [-0.1, -0.05) is 24.1 Å². The van der Waals surface area contributed by atoms with Crippen LogP contribution in [0.25, 0.3) is 0 Å². The number of fused-ring (bicyclic) bond motifs is 1. The summed E-state index contributed by atoms with van der Waals surface area (Å²) >= 11 is 5.15. The number of methoxy groups -OCH3 is 1. The second-order valence-electron chi connectivity index (χ2n) is 6.65. The fourth-order valence-corrected chi connectivity index (χ4v) is 4.32. The van der Waals surface area contributed by atoms with Crippen molar-refractivity contribution in [2.45, 2.75) is 38.3 Å². The van der Waals surface area contributed by atoms with Gasteiger partial charge in [0, 0.05) is 25.4 Å². The number of rotatable bonds is 7. The summed E-state index contributed by atoms with van der Waals surface area (Å²) in [4.78, 5) is 14.2. The summed E-state index contributed by atoms with van der Waals surface area (Å²) in [7, 11) is 5.43. The molecule has 0 amide bonds. The van der Waals surface area contributed by atoms with Gasteiger partial charge in [0.05, 0.1) is 6.61 Å². The third kappa shape index (κ3) is 5.01. The molecule has 30 heavy (non-hydrogen) atoms. The lowest BCUT2D eigenvalue weighted by molar-refractivity contribution is -0.161. The Kier molecular flexibility index (Phi) is 7.14. The van der Waals surface area contributed by atoms with E-state index in [0.717, 1.165) is 11.1 Å². The number of terminal acetylenes is 1. The van der Waals surface area contributed by atoms with Crippen LogP contribution in [0.3, 0.4) is 0 Å². The first kappa shape index (κ1) is 22.7. The molecule has 2 aromatic rings. The molecule has 1 aliphatic rings. The van der Waals surface area contributed by atoms with Gasteiger partial charge in [-0.05, 0) is 31.1 Å². The van der Waals surface area contributed by atoms with Crippen molar-refractivity contribution in [3.8, 4) is 18.1 Å². The second kappa shape index (κ2) is 9.44. The molecule has 3 atom stereocenters. The molecule has 11 heteroatoms. The topological polar surface area (TPSA) is 94.9 Å². The number of nitrogens with one attached hydrogen (secondary N) is 1. The zero-order chi connectivity index (χ0) is 21.9. The van der Waals surface area contributed by atoms with Gasteiger partial charge >= 0.3 is 8.60 Å². The van der Waals surface area contributed by atoms with Crippen molar-refractivity contribution in [2.24, 2.45) is 0 Å². The van der Waals surface area contributed by atoms with Crippen LogP contribution in [0.5, 0.6) is 5.75 Å². The number of H-pyrrole nitrogens is 1. The molecule has 0 bridgehead atoms. The smallest absolute Gasteiger partial charge is 0.399 e. The number of aryl methyl sites for hydroxylation is 2. The summed E-state index contributed by atoms with van der Waals surface area (Å²) in [6.45, 7) is 2.44. The van der Waals surface area contributed by atoms with Crippen molar-refractivity contribution < 1.29 is 23.4 Å². The van der Waals surface area contributed by atoms with E-state index in [2.05, 4.69) is 10.9 Å². The van der Waals surface area contributed by atoms with Crippen molar-refractivity contribution in [1.82, 2.24) is 9.55 Å². The normalized spacial score (nSPS) is 18.5. The van der Waals surface area contributed by atoms with E-state index in [0.29, 0.717) is 5.75 Å². The zero-order valence-electron chi connectivity index (χ0n) is 16.5. The van der Waals surface area contributed by atoms with Crippen LogP contribution in [0.4, 0.5) is 0 Å². The molecule has 156 valence electrons. The molecule has 0 fully saturated rings. The Morgan fingerprint density at radius 2 is 2.33 bits per heavy atom. The summed E-state index contributed by atoms with van der Waals surface area (Å²) in [5.74, 6) is 2.94. The van der Waals surface area contributed by atoms with E-state index in [1.54, 1.807) is 4.57 Å². The molecule has 2 radical (unpaired) electrons. The lowest BCUT2D eigenvalue weighted by Gasteiger charge is -2.36.